The predicted molar refractivity (Wildman–Crippen MR) is 115 cm³/mol. The van der Waals surface area contributed by atoms with Crippen molar-refractivity contribution in [2.75, 3.05) is 18.5 Å². The summed E-state index contributed by atoms with van der Waals surface area (Å²) in [6.45, 7) is 2.04. The van der Waals surface area contributed by atoms with Gasteiger partial charge in [0.2, 0.25) is 5.91 Å². The summed E-state index contributed by atoms with van der Waals surface area (Å²) in [5, 5.41) is 11.7. The molecular weight excluding hydrogens is 460 g/mol. The summed E-state index contributed by atoms with van der Waals surface area (Å²) in [5.74, 6) is -0.264. The van der Waals surface area contributed by atoms with Gasteiger partial charge in [-0.1, -0.05) is 6.07 Å². The molecular formula is C20H17BrN2O5S. The Morgan fingerprint density at radius 2 is 1.97 bits per heavy atom. The van der Waals surface area contributed by atoms with Crippen molar-refractivity contribution in [2.45, 2.75) is 6.92 Å². The Balaban J connectivity index is 1.65. The topological polar surface area (TPSA) is 95.9 Å². The van der Waals surface area contributed by atoms with E-state index >= 15 is 0 Å². The van der Waals surface area contributed by atoms with Crippen LogP contribution in [0.4, 0.5) is 10.5 Å². The maximum Gasteiger partial charge on any atom is 0.294 e. The largest absolute Gasteiger partial charge is 0.507 e. The van der Waals surface area contributed by atoms with Gasteiger partial charge in [-0.05, 0) is 82.7 Å². The fourth-order valence-corrected chi connectivity index (χ4v) is 3.78. The minimum absolute atomic E-state index is 0.0706. The number of phenols is 1. The molecule has 0 bridgehead atoms. The lowest BCUT2D eigenvalue weighted by atomic mass is 10.2. The molecule has 7 nitrogen and oxygen atoms in total. The van der Waals surface area contributed by atoms with E-state index in [9.17, 15) is 19.5 Å². The van der Waals surface area contributed by atoms with E-state index in [0.717, 1.165) is 16.7 Å². The monoisotopic (exact) mass is 476 g/mol. The number of anilines is 1. The first kappa shape index (κ1) is 20.9. The Kier molecular flexibility index (Phi) is 6.60. The van der Waals surface area contributed by atoms with Gasteiger partial charge in [0.05, 0.1) is 16.0 Å². The average Bonchev–Trinajstić information content (AvgIpc) is 2.94. The number of nitrogens with one attached hydrogen (secondary N) is 1. The lowest BCUT2D eigenvalue weighted by Gasteiger charge is -2.12. The molecule has 3 amide bonds. The number of benzene rings is 2. The molecule has 1 heterocycles. The number of ether oxygens (including phenoxy) is 1. The molecule has 0 spiro atoms. The smallest absolute Gasteiger partial charge is 0.294 e. The summed E-state index contributed by atoms with van der Waals surface area (Å²) in [4.78, 5) is 38.1. The van der Waals surface area contributed by atoms with Crippen LogP contribution in [0.1, 0.15) is 12.5 Å². The summed E-state index contributed by atoms with van der Waals surface area (Å²) in [6.07, 6.45) is 1.54. The van der Waals surface area contributed by atoms with Gasteiger partial charge in [-0.15, -0.1) is 0 Å². The van der Waals surface area contributed by atoms with E-state index < -0.39 is 17.1 Å². The highest BCUT2D eigenvalue weighted by Gasteiger charge is 2.36. The minimum atomic E-state index is -0.536. The Bertz CT molecular complexity index is 991. The highest BCUT2D eigenvalue weighted by atomic mass is 79.9. The van der Waals surface area contributed by atoms with E-state index in [0.29, 0.717) is 28.1 Å². The normalized spacial score (nSPS) is 15.1. The summed E-state index contributed by atoms with van der Waals surface area (Å²) in [7, 11) is 0. The summed E-state index contributed by atoms with van der Waals surface area (Å²) in [5.41, 5.74) is 1.17. The first-order valence-corrected chi connectivity index (χ1v) is 10.2. The average molecular weight is 477 g/mol. The molecule has 0 aromatic heterocycles. The molecule has 0 radical (unpaired) electrons. The summed E-state index contributed by atoms with van der Waals surface area (Å²) in [6, 6.07) is 11.5. The molecule has 29 heavy (non-hydrogen) atoms. The third kappa shape index (κ3) is 5.18. The Morgan fingerprint density at radius 1 is 1.24 bits per heavy atom. The van der Waals surface area contributed by atoms with Gasteiger partial charge in [0.1, 0.15) is 18.0 Å². The second kappa shape index (κ2) is 9.15. The van der Waals surface area contributed by atoms with E-state index in [2.05, 4.69) is 21.2 Å². The van der Waals surface area contributed by atoms with E-state index in [4.69, 9.17) is 4.74 Å². The van der Waals surface area contributed by atoms with Crippen LogP contribution < -0.4 is 10.1 Å². The number of phenolic OH excluding ortho intramolecular Hbond substituents is 1. The molecule has 0 unspecified atom stereocenters. The van der Waals surface area contributed by atoms with Gasteiger partial charge in [0.15, 0.2) is 0 Å². The lowest BCUT2D eigenvalue weighted by Crippen LogP contribution is -2.36. The fraction of sp³-hybridized carbons (Fsp3) is 0.150. The van der Waals surface area contributed by atoms with Gasteiger partial charge in [-0.2, -0.15) is 0 Å². The summed E-state index contributed by atoms with van der Waals surface area (Å²) >= 11 is 3.97. The third-order valence-corrected chi connectivity index (χ3v) is 5.44. The number of carbonyl (C=O) groups is 3. The number of rotatable bonds is 6. The van der Waals surface area contributed by atoms with Crippen molar-refractivity contribution in [3.63, 3.8) is 0 Å². The van der Waals surface area contributed by atoms with Crippen molar-refractivity contribution in [1.29, 1.82) is 0 Å². The molecule has 2 aromatic carbocycles. The van der Waals surface area contributed by atoms with E-state index in [1.807, 2.05) is 6.92 Å². The van der Waals surface area contributed by atoms with E-state index in [1.165, 1.54) is 6.07 Å². The van der Waals surface area contributed by atoms with Crippen molar-refractivity contribution in [2.24, 2.45) is 0 Å². The van der Waals surface area contributed by atoms with Gasteiger partial charge in [-0.25, -0.2) is 0 Å². The number of thioether (sulfide) groups is 1. The third-order valence-electron chi connectivity index (χ3n) is 3.89. The predicted octanol–water partition coefficient (Wildman–Crippen LogP) is 4.23. The first-order chi connectivity index (χ1) is 13.9. The molecule has 3 rings (SSSR count). The highest BCUT2D eigenvalue weighted by Crippen LogP contribution is 2.33. The molecule has 0 saturated carbocycles. The Morgan fingerprint density at radius 3 is 2.62 bits per heavy atom. The van der Waals surface area contributed by atoms with Gasteiger partial charge < -0.3 is 15.2 Å². The van der Waals surface area contributed by atoms with Crippen molar-refractivity contribution in [3.8, 4) is 11.5 Å². The van der Waals surface area contributed by atoms with Crippen LogP contribution in [0.5, 0.6) is 11.5 Å². The van der Waals surface area contributed by atoms with Crippen molar-refractivity contribution >= 4 is 56.5 Å². The number of carbonyl (C=O) groups excluding carboxylic acids is 3. The van der Waals surface area contributed by atoms with Crippen molar-refractivity contribution in [1.82, 2.24) is 4.90 Å². The van der Waals surface area contributed by atoms with Crippen LogP contribution in [0.25, 0.3) is 6.08 Å². The lowest BCUT2D eigenvalue weighted by molar-refractivity contribution is -0.127. The Labute approximate surface area is 179 Å². The molecule has 1 aliphatic rings. The first-order valence-electron chi connectivity index (χ1n) is 8.64. The van der Waals surface area contributed by atoms with Gasteiger partial charge in [-0.3, -0.25) is 19.3 Å². The standard InChI is InChI=1S/C20H17BrN2O5S/c1-2-28-14-6-4-13(5-7-14)22-18(25)11-23-19(26)17(29-20(23)27)10-12-3-8-16(24)15(21)9-12/h3-10,24H,2,11H2,1H3,(H,22,25)/b17-10+. The van der Waals surface area contributed by atoms with Crippen LogP contribution >= 0.6 is 27.7 Å². The molecule has 150 valence electrons. The number of nitrogens with zero attached hydrogens (tertiary/aromatic N) is 1. The maximum absolute atomic E-state index is 12.5. The Hall–Kier alpha value is -2.78. The molecule has 1 aliphatic heterocycles. The van der Waals surface area contributed by atoms with Crippen LogP contribution in [0.2, 0.25) is 0 Å². The van der Waals surface area contributed by atoms with Crippen LogP contribution in [-0.4, -0.2) is 40.2 Å². The van der Waals surface area contributed by atoms with Gasteiger partial charge >= 0.3 is 0 Å². The molecule has 1 saturated heterocycles. The molecule has 0 atom stereocenters. The molecule has 0 aliphatic carbocycles. The van der Waals surface area contributed by atoms with E-state index in [-0.39, 0.29) is 17.2 Å². The number of imide groups is 1. The van der Waals surface area contributed by atoms with Crippen LogP contribution in [0, 0.1) is 0 Å². The zero-order valence-corrected chi connectivity index (χ0v) is 17.7. The van der Waals surface area contributed by atoms with Crippen LogP contribution in [0.3, 0.4) is 0 Å². The number of hydrogen-bond acceptors (Lipinski definition) is 6. The van der Waals surface area contributed by atoms with Gasteiger partial charge in [0, 0.05) is 5.69 Å². The summed E-state index contributed by atoms with van der Waals surface area (Å²) < 4.78 is 5.81. The zero-order valence-electron chi connectivity index (χ0n) is 15.3. The minimum Gasteiger partial charge on any atom is -0.507 e. The van der Waals surface area contributed by atoms with Crippen molar-refractivity contribution < 1.29 is 24.2 Å². The van der Waals surface area contributed by atoms with E-state index in [1.54, 1.807) is 42.5 Å². The van der Waals surface area contributed by atoms with Gasteiger partial charge in [0.25, 0.3) is 11.1 Å². The molecule has 2 aromatic rings. The van der Waals surface area contributed by atoms with Crippen molar-refractivity contribution in [3.05, 3.63) is 57.4 Å². The van der Waals surface area contributed by atoms with Crippen LogP contribution in [-0.2, 0) is 9.59 Å². The number of hydrogen-bond donors (Lipinski definition) is 2. The second-order valence-corrected chi connectivity index (χ2v) is 7.83. The SMILES string of the molecule is CCOc1ccc(NC(=O)CN2C(=O)S/C(=C/c3ccc(O)c(Br)c3)C2=O)cc1. The maximum atomic E-state index is 12.5. The fourth-order valence-electron chi connectivity index (χ4n) is 2.55. The quantitative estimate of drug-likeness (QED) is 0.605. The molecule has 9 heteroatoms. The molecule has 2 N–H and O–H groups in total. The number of aromatic hydroxyl groups is 1. The highest BCUT2D eigenvalue weighted by molar-refractivity contribution is 9.10. The molecule has 1 fully saturated rings. The second-order valence-electron chi connectivity index (χ2n) is 5.98. The number of amides is 3. The van der Waals surface area contributed by atoms with Crippen LogP contribution in [0.15, 0.2) is 51.8 Å². The number of halogens is 1. The zero-order chi connectivity index (χ0) is 21.0.